The quantitative estimate of drug-likeness (QED) is 0.646. The van der Waals surface area contributed by atoms with Gasteiger partial charge in [0.25, 0.3) is 5.91 Å². The lowest BCUT2D eigenvalue weighted by Gasteiger charge is -2.07. The van der Waals surface area contributed by atoms with Crippen LogP contribution >= 0.6 is 34.5 Å². The molecule has 0 fully saturated rings. The number of nitrogens with zero attached hydrogens (tertiary/aromatic N) is 2. The molecule has 1 heterocycles. The number of ether oxygens (including phenoxy) is 2. The van der Waals surface area contributed by atoms with Crippen LogP contribution in [0.5, 0.6) is 11.5 Å². The summed E-state index contributed by atoms with van der Waals surface area (Å²) in [5, 5.41) is 12.6. The van der Waals surface area contributed by atoms with Crippen molar-refractivity contribution in [1.29, 1.82) is 0 Å². The first-order valence-corrected chi connectivity index (χ1v) is 8.98. The number of methoxy groups -OCH3 is 1. The number of rotatable bonds is 6. The van der Waals surface area contributed by atoms with Gasteiger partial charge in [-0.1, -0.05) is 34.5 Å². The number of halogens is 2. The molecule has 0 aliphatic heterocycles. The fourth-order valence-electron chi connectivity index (χ4n) is 2.01. The monoisotopic (exact) mass is 409 g/mol. The first-order chi connectivity index (χ1) is 12.5. The van der Waals surface area contributed by atoms with Crippen molar-refractivity contribution >= 4 is 45.6 Å². The van der Waals surface area contributed by atoms with Gasteiger partial charge in [-0.15, -0.1) is 10.2 Å². The maximum absolute atomic E-state index is 12.0. The summed E-state index contributed by atoms with van der Waals surface area (Å²) in [6.07, 6.45) is 0. The van der Waals surface area contributed by atoms with Crippen LogP contribution < -0.4 is 14.8 Å². The summed E-state index contributed by atoms with van der Waals surface area (Å²) in [5.74, 6) is 0.764. The van der Waals surface area contributed by atoms with Gasteiger partial charge in [0, 0.05) is 10.6 Å². The SMILES string of the molecule is COc1ccc(-c2nnc(NC(=O)COc3ccc(Cl)cc3Cl)s2)cc1. The van der Waals surface area contributed by atoms with Gasteiger partial charge in [-0.3, -0.25) is 10.1 Å². The number of hydrogen-bond donors (Lipinski definition) is 1. The average molecular weight is 410 g/mol. The molecule has 0 saturated carbocycles. The number of hydrogen-bond acceptors (Lipinski definition) is 6. The molecule has 0 bridgehead atoms. The third-order valence-electron chi connectivity index (χ3n) is 3.26. The van der Waals surface area contributed by atoms with Gasteiger partial charge in [-0.25, -0.2) is 0 Å². The molecule has 3 aromatic rings. The second kappa shape index (κ2) is 8.35. The lowest BCUT2D eigenvalue weighted by molar-refractivity contribution is -0.118. The predicted octanol–water partition coefficient (Wildman–Crippen LogP) is 4.54. The fraction of sp³-hybridized carbons (Fsp3) is 0.118. The molecule has 1 N–H and O–H groups in total. The highest BCUT2D eigenvalue weighted by Gasteiger charge is 2.11. The molecule has 6 nitrogen and oxygen atoms in total. The smallest absolute Gasteiger partial charge is 0.264 e. The Bertz CT molecular complexity index is 916. The van der Waals surface area contributed by atoms with Crippen molar-refractivity contribution in [2.75, 3.05) is 19.0 Å². The molecule has 0 aliphatic carbocycles. The summed E-state index contributed by atoms with van der Waals surface area (Å²) < 4.78 is 10.5. The molecule has 0 radical (unpaired) electrons. The Morgan fingerprint density at radius 2 is 1.92 bits per heavy atom. The van der Waals surface area contributed by atoms with Crippen LogP contribution in [0.4, 0.5) is 5.13 Å². The maximum Gasteiger partial charge on any atom is 0.264 e. The first kappa shape index (κ1) is 18.4. The van der Waals surface area contributed by atoms with E-state index in [-0.39, 0.29) is 12.5 Å². The van der Waals surface area contributed by atoms with Crippen molar-refractivity contribution in [3.05, 3.63) is 52.5 Å². The third-order valence-corrected chi connectivity index (χ3v) is 4.68. The predicted molar refractivity (Wildman–Crippen MR) is 102 cm³/mol. The van der Waals surface area contributed by atoms with Crippen molar-refractivity contribution < 1.29 is 14.3 Å². The highest BCUT2D eigenvalue weighted by atomic mass is 35.5. The van der Waals surface area contributed by atoms with Gasteiger partial charge in [0.1, 0.15) is 16.5 Å². The number of aromatic nitrogens is 2. The zero-order valence-corrected chi connectivity index (χ0v) is 15.9. The molecule has 1 amide bonds. The van der Waals surface area contributed by atoms with Gasteiger partial charge in [0.15, 0.2) is 6.61 Å². The van der Waals surface area contributed by atoms with E-state index in [4.69, 9.17) is 32.7 Å². The summed E-state index contributed by atoms with van der Waals surface area (Å²) in [6.45, 7) is -0.210. The normalized spacial score (nSPS) is 10.4. The van der Waals surface area contributed by atoms with Gasteiger partial charge in [0.05, 0.1) is 12.1 Å². The van der Waals surface area contributed by atoms with Crippen molar-refractivity contribution in [2.24, 2.45) is 0 Å². The second-order valence-corrected chi connectivity index (χ2v) is 6.87. The highest BCUT2D eigenvalue weighted by molar-refractivity contribution is 7.18. The van der Waals surface area contributed by atoms with E-state index in [9.17, 15) is 4.79 Å². The van der Waals surface area contributed by atoms with E-state index >= 15 is 0 Å². The van der Waals surface area contributed by atoms with Crippen LogP contribution in [0.15, 0.2) is 42.5 Å². The van der Waals surface area contributed by atoms with Crippen LogP contribution in [0.1, 0.15) is 0 Å². The minimum absolute atomic E-state index is 0.210. The molecule has 0 aliphatic rings. The van der Waals surface area contributed by atoms with Gasteiger partial charge < -0.3 is 9.47 Å². The molecule has 0 unspecified atom stereocenters. The Hall–Kier alpha value is -2.35. The Morgan fingerprint density at radius 1 is 1.15 bits per heavy atom. The number of anilines is 1. The highest BCUT2D eigenvalue weighted by Crippen LogP contribution is 2.29. The zero-order valence-electron chi connectivity index (χ0n) is 13.5. The largest absolute Gasteiger partial charge is 0.497 e. The first-order valence-electron chi connectivity index (χ1n) is 7.41. The molecule has 0 atom stereocenters. The van der Waals surface area contributed by atoms with Crippen molar-refractivity contribution in [1.82, 2.24) is 10.2 Å². The van der Waals surface area contributed by atoms with E-state index in [1.54, 1.807) is 25.3 Å². The number of nitrogens with one attached hydrogen (secondary N) is 1. The van der Waals surface area contributed by atoms with E-state index in [1.807, 2.05) is 24.3 Å². The summed E-state index contributed by atoms with van der Waals surface area (Å²) in [7, 11) is 1.60. The molecular weight excluding hydrogens is 397 g/mol. The lowest BCUT2D eigenvalue weighted by Crippen LogP contribution is -2.20. The molecular formula is C17H13Cl2N3O3S. The summed E-state index contributed by atoms with van der Waals surface area (Å²) in [5.41, 5.74) is 0.882. The summed E-state index contributed by atoms with van der Waals surface area (Å²) >= 11 is 13.1. The number of carbonyl (C=O) groups excluding carboxylic acids is 1. The van der Waals surface area contributed by atoms with Gasteiger partial charge in [0.2, 0.25) is 5.13 Å². The minimum Gasteiger partial charge on any atom is -0.497 e. The van der Waals surface area contributed by atoms with Crippen LogP contribution in [0.25, 0.3) is 10.6 Å². The average Bonchev–Trinajstić information content (AvgIpc) is 3.09. The van der Waals surface area contributed by atoms with Crippen LogP contribution in [-0.2, 0) is 4.79 Å². The molecule has 134 valence electrons. The van der Waals surface area contributed by atoms with Crippen LogP contribution in [0.3, 0.4) is 0 Å². The number of carbonyl (C=O) groups is 1. The fourth-order valence-corrected chi connectivity index (χ4v) is 3.24. The Kier molecular flexibility index (Phi) is 5.92. The summed E-state index contributed by atoms with van der Waals surface area (Å²) in [4.78, 5) is 12.0. The van der Waals surface area contributed by atoms with E-state index in [0.717, 1.165) is 11.3 Å². The Morgan fingerprint density at radius 3 is 2.62 bits per heavy atom. The second-order valence-electron chi connectivity index (χ2n) is 5.05. The van der Waals surface area contributed by atoms with Crippen LogP contribution in [0, 0.1) is 0 Å². The van der Waals surface area contributed by atoms with Gasteiger partial charge >= 0.3 is 0 Å². The Labute approximate surface area is 163 Å². The molecule has 0 spiro atoms. The maximum atomic E-state index is 12.0. The number of amides is 1. The van der Waals surface area contributed by atoms with Crippen molar-refractivity contribution in [3.63, 3.8) is 0 Å². The lowest BCUT2D eigenvalue weighted by atomic mass is 10.2. The summed E-state index contributed by atoms with van der Waals surface area (Å²) in [6, 6.07) is 12.2. The van der Waals surface area contributed by atoms with Crippen LogP contribution in [0.2, 0.25) is 10.0 Å². The molecule has 9 heteroatoms. The van der Waals surface area contributed by atoms with Crippen molar-refractivity contribution in [2.45, 2.75) is 0 Å². The van der Waals surface area contributed by atoms with Crippen LogP contribution in [-0.4, -0.2) is 29.8 Å². The molecule has 3 rings (SSSR count). The molecule has 26 heavy (non-hydrogen) atoms. The van der Waals surface area contributed by atoms with Gasteiger partial charge in [-0.05, 0) is 42.5 Å². The Balaban J connectivity index is 1.58. The minimum atomic E-state index is -0.367. The standard InChI is InChI=1S/C17H13Cl2N3O3S/c1-24-12-5-2-10(3-6-12)16-21-22-17(26-16)20-15(23)9-25-14-7-4-11(18)8-13(14)19/h2-8H,9H2,1H3,(H,20,22,23). The third kappa shape index (κ3) is 4.63. The van der Waals surface area contributed by atoms with E-state index in [1.165, 1.54) is 11.3 Å². The van der Waals surface area contributed by atoms with E-state index in [0.29, 0.717) is 25.9 Å². The molecule has 1 aromatic heterocycles. The molecule has 0 saturated heterocycles. The number of benzene rings is 2. The van der Waals surface area contributed by atoms with Gasteiger partial charge in [-0.2, -0.15) is 0 Å². The van der Waals surface area contributed by atoms with E-state index < -0.39 is 0 Å². The van der Waals surface area contributed by atoms with Crippen molar-refractivity contribution in [3.8, 4) is 22.1 Å². The molecule has 2 aromatic carbocycles. The van der Waals surface area contributed by atoms with E-state index in [2.05, 4.69) is 15.5 Å². The topological polar surface area (TPSA) is 73.3 Å². The zero-order chi connectivity index (χ0) is 18.5.